The minimum atomic E-state index is -0.0841. The normalized spacial score (nSPS) is 11.3. The zero-order chi connectivity index (χ0) is 16.7. The van der Waals surface area contributed by atoms with E-state index in [1.807, 2.05) is 30.5 Å². The molecule has 0 radical (unpaired) electrons. The van der Waals surface area contributed by atoms with Crippen molar-refractivity contribution in [2.75, 3.05) is 11.9 Å². The molecule has 23 heavy (non-hydrogen) atoms. The molecule has 2 rings (SSSR count). The van der Waals surface area contributed by atoms with E-state index in [2.05, 4.69) is 25.6 Å². The second kappa shape index (κ2) is 8.23. The first-order valence-electron chi connectivity index (χ1n) is 7.31. The maximum Gasteiger partial charge on any atom is 0.217 e. The van der Waals surface area contributed by atoms with Gasteiger partial charge in [0, 0.05) is 18.8 Å². The molecule has 0 fully saturated rings. The Bertz CT molecular complexity index is 697. The van der Waals surface area contributed by atoms with Gasteiger partial charge in [-0.3, -0.25) is 9.79 Å². The molecule has 0 bridgehead atoms. The molecule has 0 aliphatic rings. The number of pyridine rings is 1. The number of rotatable bonds is 6. The fraction of sp³-hybridized carbons (Fsp3) is 0.333. The van der Waals surface area contributed by atoms with Crippen molar-refractivity contribution >= 4 is 28.3 Å². The van der Waals surface area contributed by atoms with Crippen LogP contribution in [0.4, 0.5) is 5.13 Å². The highest BCUT2D eigenvalue weighted by Gasteiger charge is 2.07. The molecule has 122 valence electrons. The number of nitrogens with two attached hydrogens (primary N) is 1. The van der Waals surface area contributed by atoms with Gasteiger partial charge in [0.05, 0.1) is 17.9 Å². The third-order valence-electron chi connectivity index (χ3n) is 2.83. The van der Waals surface area contributed by atoms with E-state index < -0.39 is 0 Å². The van der Waals surface area contributed by atoms with Crippen molar-refractivity contribution in [3.63, 3.8) is 0 Å². The predicted octanol–water partition coefficient (Wildman–Crippen LogP) is 1.98. The van der Waals surface area contributed by atoms with Crippen molar-refractivity contribution in [2.24, 2.45) is 10.7 Å². The molecule has 8 heteroatoms. The topological polar surface area (TPSA) is 105 Å². The van der Waals surface area contributed by atoms with E-state index >= 15 is 0 Å². The summed E-state index contributed by atoms with van der Waals surface area (Å²) in [5.74, 6) is 0.277. The lowest BCUT2D eigenvalue weighted by atomic mass is 10.2. The third kappa shape index (κ3) is 5.33. The van der Waals surface area contributed by atoms with Gasteiger partial charge < -0.3 is 16.4 Å². The van der Waals surface area contributed by atoms with Crippen molar-refractivity contribution in [3.05, 3.63) is 29.3 Å². The molecule has 0 saturated carbocycles. The Morgan fingerprint density at radius 3 is 2.91 bits per heavy atom. The van der Waals surface area contributed by atoms with E-state index in [-0.39, 0.29) is 5.91 Å². The second-order valence-corrected chi connectivity index (χ2v) is 5.71. The van der Waals surface area contributed by atoms with Crippen LogP contribution in [0.3, 0.4) is 0 Å². The molecule has 0 unspecified atom stereocenters. The maximum absolute atomic E-state index is 11.0. The van der Waals surface area contributed by atoms with Crippen LogP contribution in [0.25, 0.3) is 11.4 Å². The number of carbonyl (C=O) groups is 1. The van der Waals surface area contributed by atoms with Gasteiger partial charge in [-0.2, -0.15) is 0 Å². The van der Waals surface area contributed by atoms with E-state index in [4.69, 9.17) is 5.73 Å². The second-order valence-electron chi connectivity index (χ2n) is 4.85. The Morgan fingerprint density at radius 1 is 1.35 bits per heavy atom. The van der Waals surface area contributed by atoms with Gasteiger partial charge in [0.2, 0.25) is 5.91 Å². The fourth-order valence-electron chi connectivity index (χ4n) is 1.77. The molecule has 2 aromatic heterocycles. The number of hydrogen-bond donors (Lipinski definition) is 3. The Hall–Kier alpha value is -2.48. The first kappa shape index (κ1) is 16.9. The molecular formula is C15H20N6OS. The van der Waals surface area contributed by atoms with Crippen LogP contribution < -0.4 is 16.4 Å². The van der Waals surface area contributed by atoms with Gasteiger partial charge in [0.15, 0.2) is 11.1 Å². The predicted molar refractivity (Wildman–Crippen MR) is 93.3 cm³/mol. The molecule has 1 amide bonds. The summed E-state index contributed by atoms with van der Waals surface area (Å²) in [5, 5.41) is 8.27. The van der Waals surface area contributed by atoms with Crippen molar-refractivity contribution in [1.82, 2.24) is 15.3 Å². The first-order valence-corrected chi connectivity index (χ1v) is 8.19. The highest BCUT2D eigenvalue weighted by atomic mass is 32.1. The van der Waals surface area contributed by atoms with E-state index in [1.165, 1.54) is 18.3 Å². The molecule has 2 heterocycles. The summed E-state index contributed by atoms with van der Waals surface area (Å²) in [7, 11) is 0. The number of anilines is 1. The summed E-state index contributed by atoms with van der Waals surface area (Å²) in [6.07, 6.45) is 0.941. The first-order chi connectivity index (χ1) is 11.1. The van der Waals surface area contributed by atoms with Crippen molar-refractivity contribution in [1.29, 1.82) is 0 Å². The lowest BCUT2D eigenvalue weighted by Gasteiger charge is -2.03. The van der Waals surface area contributed by atoms with Gasteiger partial charge in [-0.1, -0.05) is 13.0 Å². The van der Waals surface area contributed by atoms with Gasteiger partial charge in [-0.05, 0) is 18.6 Å². The zero-order valence-corrected chi connectivity index (χ0v) is 14.0. The van der Waals surface area contributed by atoms with E-state index in [0.717, 1.165) is 23.5 Å². The highest BCUT2D eigenvalue weighted by Crippen LogP contribution is 2.23. The minimum absolute atomic E-state index is 0.0841. The van der Waals surface area contributed by atoms with Crippen molar-refractivity contribution in [3.8, 4) is 11.4 Å². The van der Waals surface area contributed by atoms with Gasteiger partial charge in [0.1, 0.15) is 5.69 Å². The summed E-state index contributed by atoms with van der Waals surface area (Å²) in [5.41, 5.74) is 8.07. The van der Waals surface area contributed by atoms with E-state index in [1.54, 1.807) is 0 Å². The van der Waals surface area contributed by atoms with Gasteiger partial charge in [0.25, 0.3) is 0 Å². The van der Waals surface area contributed by atoms with Crippen LogP contribution in [-0.4, -0.2) is 28.4 Å². The number of nitrogens with zero attached hydrogens (tertiary/aromatic N) is 3. The lowest BCUT2D eigenvalue weighted by molar-refractivity contribution is -0.119. The van der Waals surface area contributed by atoms with Crippen LogP contribution in [0, 0.1) is 0 Å². The molecule has 4 N–H and O–H groups in total. The number of amides is 1. The average molecular weight is 332 g/mol. The smallest absolute Gasteiger partial charge is 0.217 e. The number of guanidine groups is 1. The molecule has 0 atom stereocenters. The van der Waals surface area contributed by atoms with Crippen LogP contribution >= 0.6 is 11.3 Å². The molecule has 0 aliphatic heterocycles. The number of hydrogen-bond acceptors (Lipinski definition) is 5. The Kier molecular flexibility index (Phi) is 6.04. The zero-order valence-electron chi connectivity index (χ0n) is 13.2. The maximum atomic E-state index is 11.0. The van der Waals surface area contributed by atoms with Crippen LogP contribution in [-0.2, 0) is 11.3 Å². The van der Waals surface area contributed by atoms with Gasteiger partial charge >= 0.3 is 0 Å². The van der Waals surface area contributed by atoms with Crippen LogP contribution in [0.2, 0.25) is 0 Å². The average Bonchev–Trinajstić information content (AvgIpc) is 2.99. The fourth-order valence-corrected chi connectivity index (χ4v) is 2.48. The molecule has 0 saturated heterocycles. The summed E-state index contributed by atoms with van der Waals surface area (Å²) >= 11 is 1.44. The number of aliphatic imine (C=N–C) groups is 1. The number of thiazole rings is 1. The molecule has 0 spiro atoms. The third-order valence-corrected chi connectivity index (χ3v) is 3.59. The van der Waals surface area contributed by atoms with Gasteiger partial charge in [-0.15, -0.1) is 11.3 Å². The Balaban J connectivity index is 2.08. The highest BCUT2D eigenvalue weighted by molar-refractivity contribution is 7.14. The molecule has 0 aromatic carbocycles. The standard InChI is InChI=1S/C15H20N6OS/c1-3-7-17-14(16)21-15-20-13(9-23-15)12-6-4-5-11(19-12)8-18-10(2)22/h4-6,9H,3,7-8H2,1-2H3,(H,18,22)(H3,16,17,20,21). The summed E-state index contributed by atoms with van der Waals surface area (Å²) < 4.78 is 0. The largest absolute Gasteiger partial charge is 0.370 e. The van der Waals surface area contributed by atoms with E-state index in [0.29, 0.717) is 24.2 Å². The van der Waals surface area contributed by atoms with Crippen molar-refractivity contribution < 1.29 is 4.79 Å². The SMILES string of the molecule is CCCN=C(N)Nc1nc(-c2cccc(CNC(C)=O)n2)cs1. The lowest BCUT2D eigenvalue weighted by Crippen LogP contribution is -2.22. The number of carbonyl (C=O) groups excluding carboxylic acids is 1. The summed E-state index contributed by atoms with van der Waals surface area (Å²) in [6, 6.07) is 5.63. The molecule has 7 nitrogen and oxygen atoms in total. The number of aromatic nitrogens is 2. The number of nitrogens with one attached hydrogen (secondary N) is 2. The van der Waals surface area contributed by atoms with Crippen LogP contribution in [0.1, 0.15) is 26.0 Å². The Labute approximate surface area is 139 Å². The molecular weight excluding hydrogens is 312 g/mol. The summed E-state index contributed by atoms with van der Waals surface area (Å²) in [6.45, 7) is 4.60. The van der Waals surface area contributed by atoms with E-state index in [9.17, 15) is 4.79 Å². The van der Waals surface area contributed by atoms with Gasteiger partial charge in [-0.25, -0.2) is 9.97 Å². The monoisotopic (exact) mass is 332 g/mol. The van der Waals surface area contributed by atoms with Crippen molar-refractivity contribution in [2.45, 2.75) is 26.8 Å². The van der Waals surface area contributed by atoms with Crippen LogP contribution in [0.15, 0.2) is 28.6 Å². The Morgan fingerprint density at radius 2 is 2.17 bits per heavy atom. The molecule has 0 aliphatic carbocycles. The molecule has 2 aromatic rings. The summed E-state index contributed by atoms with van der Waals surface area (Å²) in [4.78, 5) is 24.1. The van der Waals surface area contributed by atoms with Crippen LogP contribution in [0.5, 0.6) is 0 Å². The minimum Gasteiger partial charge on any atom is -0.370 e. The quantitative estimate of drug-likeness (QED) is 0.554.